The molecule has 1 saturated heterocycles. The zero-order valence-corrected chi connectivity index (χ0v) is 17.0. The van der Waals surface area contributed by atoms with Crippen LogP contribution in [0.1, 0.15) is 51.3 Å². The van der Waals surface area contributed by atoms with Crippen molar-refractivity contribution in [3.05, 3.63) is 27.5 Å². The number of hydrogen-bond donors (Lipinski definition) is 0. The Labute approximate surface area is 162 Å². The second-order valence-electron chi connectivity index (χ2n) is 7.04. The van der Waals surface area contributed by atoms with E-state index in [1.165, 1.54) is 15.6 Å². The van der Waals surface area contributed by atoms with Crippen molar-refractivity contribution < 1.29 is 17.7 Å². The molecule has 2 aliphatic rings. The monoisotopic (exact) mass is 410 g/mol. The van der Waals surface area contributed by atoms with Crippen LogP contribution in [-0.4, -0.2) is 59.8 Å². The highest BCUT2D eigenvalue weighted by molar-refractivity contribution is 7.89. The number of aromatic nitrogens is 2. The molecule has 10 heteroatoms. The fourth-order valence-corrected chi connectivity index (χ4v) is 6.19. The van der Waals surface area contributed by atoms with E-state index in [1.807, 2.05) is 0 Å². The van der Waals surface area contributed by atoms with Gasteiger partial charge in [0.05, 0.1) is 11.2 Å². The van der Waals surface area contributed by atoms with E-state index in [1.54, 1.807) is 24.9 Å². The minimum Gasteiger partial charge on any atom is -0.360 e. The van der Waals surface area contributed by atoms with Gasteiger partial charge < -0.3 is 9.42 Å². The van der Waals surface area contributed by atoms with E-state index in [4.69, 9.17) is 4.52 Å². The molecule has 0 spiro atoms. The van der Waals surface area contributed by atoms with Crippen LogP contribution in [0.2, 0.25) is 0 Å². The maximum Gasteiger partial charge on any atom is 0.265 e. The molecule has 1 aliphatic heterocycles. The zero-order valence-electron chi connectivity index (χ0n) is 15.3. The van der Waals surface area contributed by atoms with Crippen molar-refractivity contribution in [2.45, 2.75) is 43.9 Å². The molecule has 2 aromatic heterocycles. The molecule has 0 bridgehead atoms. The summed E-state index contributed by atoms with van der Waals surface area (Å²) in [6, 6.07) is 0. The lowest BCUT2D eigenvalue weighted by atomic mass is 10.3. The Hall–Kier alpha value is -1.78. The Balaban J connectivity index is 1.47. The number of sulfonamides is 1. The van der Waals surface area contributed by atoms with Crippen molar-refractivity contribution in [2.75, 3.05) is 26.2 Å². The lowest BCUT2D eigenvalue weighted by molar-refractivity contribution is 0.0769. The van der Waals surface area contributed by atoms with E-state index in [0.29, 0.717) is 48.3 Å². The third kappa shape index (κ3) is 3.53. The molecular formula is C17H22N4O4S2. The van der Waals surface area contributed by atoms with Gasteiger partial charge in [0.25, 0.3) is 5.91 Å². The minimum absolute atomic E-state index is 0.0593. The van der Waals surface area contributed by atoms with Gasteiger partial charge in [0.15, 0.2) is 5.76 Å². The fraction of sp³-hybridized carbons (Fsp3) is 0.588. The van der Waals surface area contributed by atoms with Crippen LogP contribution in [0.5, 0.6) is 0 Å². The van der Waals surface area contributed by atoms with E-state index >= 15 is 0 Å². The average molecular weight is 411 g/mol. The average Bonchev–Trinajstić information content (AvgIpc) is 3.33. The van der Waals surface area contributed by atoms with Crippen LogP contribution >= 0.6 is 11.3 Å². The lowest BCUT2D eigenvalue weighted by Crippen LogP contribution is -2.37. The van der Waals surface area contributed by atoms with E-state index in [-0.39, 0.29) is 17.3 Å². The van der Waals surface area contributed by atoms with Crippen molar-refractivity contribution in [3.8, 4) is 0 Å². The molecule has 0 N–H and O–H groups in total. The van der Waals surface area contributed by atoms with Gasteiger partial charge in [-0.15, -0.1) is 11.3 Å². The fourth-order valence-electron chi connectivity index (χ4n) is 3.37. The number of nitrogens with zero attached hydrogens (tertiary/aromatic N) is 4. The molecule has 8 nitrogen and oxygen atoms in total. The second-order valence-corrected chi connectivity index (χ2v) is 9.98. The summed E-state index contributed by atoms with van der Waals surface area (Å²) in [6.45, 7) is 4.74. The van der Waals surface area contributed by atoms with Gasteiger partial charge in [0, 0.05) is 32.1 Å². The first-order valence-electron chi connectivity index (χ1n) is 9.06. The number of rotatable bonds is 4. The van der Waals surface area contributed by atoms with E-state index in [0.717, 1.165) is 17.8 Å². The number of thiazole rings is 1. The molecule has 0 atom stereocenters. The molecule has 2 aromatic rings. The van der Waals surface area contributed by atoms with Crippen LogP contribution in [0.4, 0.5) is 0 Å². The first kappa shape index (κ1) is 18.6. The summed E-state index contributed by atoms with van der Waals surface area (Å²) in [6.07, 6.45) is 4.55. The van der Waals surface area contributed by atoms with Gasteiger partial charge in [-0.3, -0.25) is 4.79 Å². The highest BCUT2D eigenvalue weighted by Crippen LogP contribution is 2.41. The molecule has 27 heavy (non-hydrogen) atoms. The second kappa shape index (κ2) is 6.99. The Kier molecular flexibility index (Phi) is 4.81. The summed E-state index contributed by atoms with van der Waals surface area (Å²) >= 11 is 1.47. The lowest BCUT2D eigenvalue weighted by Gasteiger charge is -2.21. The van der Waals surface area contributed by atoms with Gasteiger partial charge in [-0.25, -0.2) is 13.4 Å². The summed E-state index contributed by atoms with van der Waals surface area (Å²) in [7, 11) is -3.69. The predicted octanol–water partition coefficient (Wildman–Crippen LogP) is 2.16. The van der Waals surface area contributed by atoms with Crippen molar-refractivity contribution >= 4 is 27.3 Å². The molecule has 1 aliphatic carbocycles. The zero-order chi connectivity index (χ0) is 19.2. The molecule has 4 rings (SSSR count). The highest BCUT2D eigenvalue weighted by Gasteiger charge is 2.34. The van der Waals surface area contributed by atoms with Crippen molar-refractivity contribution in [3.63, 3.8) is 0 Å². The number of hydrogen-bond acceptors (Lipinski definition) is 7. The van der Waals surface area contributed by atoms with E-state index in [9.17, 15) is 13.2 Å². The summed E-state index contributed by atoms with van der Waals surface area (Å²) in [5, 5.41) is 4.79. The molecule has 2 fully saturated rings. The largest absolute Gasteiger partial charge is 0.360 e. The molecule has 146 valence electrons. The minimum atomic E-state index is -3.69. The van der Waals surface area contributed by atoms with Gasteiger partial charge in [0.1, 0.15) is 15.5 Å². The summed E-state index contributed by atoms with van der Waals surface area (Å²) in [5.41, 5.74) is 0.363. The summed E-state index contributed by atoms with van der Waals surface area (Å²) in [4.78, 5) is 19.7. The number of amides is 1. The maximum atomic E-state index is 13.0. The van der Waals surface area contributed by atoms with Gasteiger partial charge in [-0.1, -0.05) is 5.16 Å². The van der Waals surface area contributed by atoms with Crippen LogP contribution < -0.4 is 0 Å². The summed E-state index contributed by atoms with van der Waals surface area (Å²) in [5.74, 6) is 0.759. The smallest absolute Gasteiger partial charge is 0.265 e. The number of carbonyl (C=O) groups is 1. The standard InChI is InChI=1S/C17H22N4O4S2/c1-11-15(12(2)25-19-11)27(23,24)21-7-3-6-20(8-9-21)17(22)14-10-18-16(26-14)13-4-5-13/h10,13H,3-9H2,1-2H3. The predicted molar refractivity (Wildman–Crippen MR) is 99.3 cm³/mol. The topological polar surface area (TPSA) is 96.6 Å². The Bertz CT molecular complexity index is 942. The molecule has 3 heterocycles. The Morgan fingerprint density at radius 3 is 2.67 bits per heavy atom. The van der Waals surface area contributed by atoms with Crippen LogP contribution in [0.3, 0.4) is 0 Å². The van der Waals surface area contributed by atoms with Crippen LogP contribution in [0.15, 0.2) is 15.6 Å². The quantitative estimate of drug-likeness (QED) is 0.766. The van der Waals surface area contributed by atoms with Gasteiger partial charge in [-0.05, 0) is 33.1 Å². The van der Waals surface area contributed by atoms with Gasteiger partial charge in [-0.2, -0.15) is 4.31 Å². The first-order chi connectivity index (χ1) is 12.9. The Morgan fingerprint density at radius 2 is 2.00 bits per heavy atom. The number of aryl methyl sites for hydroxylation is 2. The molecular weight excluding hydrogens is 388 g/mol. The maximum absolute atomic E-state index is 13.0. The van der Waals surface area contributed by atoms with Crippen molar-refractivity contribution in [2.24, 2.45) is 0 Å². The Morgan fingerprint density at radius 1 is 1.22 bits per heavy atom. The van der Waals surface area contributed by atoms with Crippen LogP contribution in [0, 0.1) is 13.8 Å². The third-order valence-corrected chi connectivity index (χ3v) is 8.26. The van der Waals surface area contributed by atoms with Crippen molar-refractivity contribution in [1.29, 1.82) is 0 Å². The molecule has 1 amide bonds. The highest BCUT2D eigenvalue weighted by atomic mass is 32.2. The van der Waals surface area contributed by atoms with Gasteiger partial charge in [0.2, 0.25) is 10.0 Å². The van der Waals surface area contributed by atoms with E-state index in [2.05, 4.69) is 10.1 Å². The molecule has 0 unspecified atom stereocenters. The van der Waals surface area contributed by atoms with Crippen LogP contribution in [-0.2, 0) is 10.0 Å². The van der Waals surface area contributed by atoms with Gasteiger partial charge >= 0.3 is 0 Å². The molecule has 1 saturated carbocycles. The summed E-state index contributed by atoms with van der Waals surface area (Å²) < 4.78 is 32.4. The third-order valence-electron chi connectivity index (χ3n) is 4.97. The van der Waals surface area contributed by atoms with Crippen LogP contribution in [0.25, 0.3) is 0 Å². The SMILES string of the molecule is Cc1noc(C)c1S(=O)(=O)N1CCCN(C(=O)c2cnc(C3CC3)s2)CC1. The molecule has 0 aromatic carbocycles. The first-order valence-corrected chi connectivity index (χ1v) is 11.3. The normalized spacial score (nSPS) is 19.3. The number of carbonyl (C=O) groups excluding carboxylic acids is 1. The van der Waals surface area contributed by atoms with E-state index < -0.39 is 10.0 Å². The van der Waals surface area contributed by atoms with Crippen molar-refractivity contribution in [1.82, 2.24) is 19.3 Å². The molecule has 0 radical (unpaired) electrons.